The molecule has 0 aliphatic carbocycles. The van der Waals surface area contributed by atoms with Crippen LogP contribution in [0, 0.1) is 6.92 Å². The molecule has 0 aliphatic heterocycles. The third-order valence-electron chi connectivity index (χ3n) is 4.96. The molecule has 0 spiro atoms. The molecule has 3 heteroatoms. The lowest BCUT2D eigenvalue weighted by Gasteiger charge is -2.15. The first-order valence-electron chi connectivity index (χ1n) is 9.04. The van der Waals surface area contributed by atoms with Crippen LogP contribution in [0.4, 0.5) is 0 Å². The van der Waals surface area contributed by atoms with E-state index in [1.54, 1.807) is 0 Å². The van der Waals surface area contributed by atoms with Crippen LogP contribution >= 0.6 is 0 Å². The summed E-state index contributed by atoms with van der Waals surface area (Å²) < 4.78 is 2.05. The Morgan fingerprint density at radius 1 is 0.923 bits per heavy atom. The van der Waals surface area contributed by atoms with Crippen LogP contribution in [-0.2, 0) is 6.54 Å². The van der Waals surface area contributed by atoms with Gasteiger partial charge in [0, 0.05) is 29.2 Å². The third-order valence-corrected chi connectivity index (χ3v) is 4.96. The second-order valence-corrected chi connectivity index (χ2v) is 6.68. The molecular formula is C23H23N3. The smallest absolute Gasteiger partial charge is 0.0727 e. The maximum Gasteiger partial charge on any atom is 0.0727 e. The number of nitrogens with one attached hydrogen (secondary N) is 1. The summed E-state index contributed by atoms with van der Waals surface area (Å²) in [4.78, 5) is 0. The van der Waals surface area contributed by atoms with Crippen LogP contribution in [0.2, 0.25) is 0 Å². The van der Waals surface area contributed by atoms with Crippen molar-refractivity contribution in [2.45, 2.75) is 26.4 Å². The second-order valence-electron chi connectivity index (χ2n) is 6.68. The molecule has 3 aromatic carbocycles. The number of hydrogen-bond acceptors (Lipinski definition) is 2. The van der Waals surface area contributed by atoms with Crippen LogP contribution in [0.3, 0.4) is 0 Å². The molecule has 4 aromatic rings. The molecule has 0 aliphatic rings. The molecule has 1 aromatic heterocycles. The Morgan fingerprint density at radius 3 is 2.50 bits per heavy atom. The largest absolute Gasteiger partial charge is 0.306 e. The molecule has 1 heterocycles. The van der Waals surface area contributed by atoms with E-state index < -0.39 is 0 Å². The van der Waals surface area contributed by atoms with Crippen LogP contribution in [0.5, 0.6) is 0 Å². The molecule has 1 N–H and O–H groups in total. The van der Waals surface area contributed by atoms with E-state index in [-0.39, 0.29) is 6.04 Å². The Labute approximate surface area is 154 Å². The summed E-state index contributed by atoms with van der Waals surface area (Å²) in [6.07, 6.45) is 1.99. The lowest BCUT2D eigenvalue weighted by atomic mass is 10.1. The van der Waals surface area contributed by atoms with Gasteiger partial charge >= 0.3 is 0 Å². The zero-order valence-electron chi connectivity index (χ0n) is 15.2. The van der Waals surface area contributed by atoms with E-state index >= 15 is 0 Å². The van der Waals surface area contributed by atoms with Crippen molar-refractivity contribution in [1.29, 1.82) is 0 Å². The van der Waals surface area contributed by atoms with Crippen molar-refractivity contribution in [3.63, 3.8) is 0 Å². The molecule has 0 saturated carbocycles. The van der Waals surface area contributed by atoms with E-state index in [9.17, 15) is 0 Å². The van der Waals surface area contributed by atoms with E-state index in [1.807, 2.05) is 12.3 Å². The predicted molar refractivity (Wildman–Crippen MR) is 108 cm³/mol. The normalized spacial score (nSPS) is 12.4. The molecule has 3 nitrogen and oxygen atoms in total. The van der Waals surface area contributed by atoms with E-state index in [1.165, 1.54) is 27.6 Å². The second kappa shape index (κ2) is 7.14. The fourth-order valence-corrected chi connectivity index (χ4v) is 3.46. The van der Waals surface area contributed by atoms with Crippen LogP contribution < -0.4 is 5.32 Å². The standard InChI is InChI=1S/C23H23N3/c1-17(24-15-19-9-4-3-5-10-19)22-16-25-26(18(22)2)23-14-8-12-20-11-6-7-13-21(20)23/h3-14,16-17,24H,15H2,1-2H3/t17-/m0/s1. The van der Waals surface area contributed by atoms with Crippen molar-refractivity contribution in [3.05, 3.63) is 95.8 Å². The monoisotopic (exact) mass is 341 g/mol. The van der Waals surface area contributed by atoms with Crippen LogP contribution in [0.15, 0.2) is 79.0 Å². The predicted octanol–water partition coefficient (Wildman–Crippen LogP) is 5.18. The maximum atomic E-state index is 4.69. The van der Waals surface area contributed by atoms with E-state index in [0.717, 1.165) is 12.2 Å². The van der Waals surface area contributed by atoms with Gasteiger partial charge in [0.15, 0.2) is 0 Å². The van der Waals surface area contributed by atoms with Crippen molar-refractivity contribution in [3.8, 4) is 5.69 Å². The zero-order valence-corrected chi connectivity index (χ0v) is 15.2. The molecule has 0 amide bonds. The summed E-state index contributed by atoms with van der Waals surface area (Å²) in [5, 5.41) is 10.7. The number of rotatable bonds is 5. The molecule has 1 atom stereocenters. The van der Waals surface area contributed by atoms with Gasteiger partial charge in [0.2, 0.25) is 0 Å². The summed E-state index contributed by atoms with van der Waals surface area (Å²) in [6, 6.07) is 25.5. The molecule has 0 unspecified atom stereocenters. The van der Waals surface area contributed by atoms with Gasteiger partial charge in [-0.3, -0.25) is 0 Å². The fraction of sp³-hybridized carbons (Fsp3) is 0.174. The highest BCUT2D eigenvalue weighted by molar-refractivity contribution is 5.90. The molecule has 26 heavy (non-hydrogen) atoms. The number of fused-ring (bicyclic) bond motifs is 1. The highest BCUT2D eigenvalue weighted by Crippen LogP contribution is 2.26. The van der Waals surface area contributed by atoms with Crippen LogP contribution in [0.25, 0.3) is 16.5 Å². The Balaban J connectivity index is 1.61. The highest BCUT2D eigenvalue weighted by atomic mass is 15.3. The van der Waals surface area contributed by atoms with E-state index in [0.29, 0.717) is 0 Å². The van der Waals surface area contributed by atoms with Gasteiger partial charge in [0.25, 0.3) is 0 Å². The fourth-order valence-electron chi connectivity index (χ4n) is 3.46. The summed E-state index contributed by atoms with van der Waals surface area (Å²) in [6.45, 7) is 5.19. The highest BCUT2D eigenvalue weighted by Gasteiger charge is 2.15. The number of hydrogen-bond donors (Lipinski definition) is 1. The number of aromatic nitrogens is 2. The Hall–Kier alpha value is -2.91. The SMILES string of the molecule is Cc1c([C@H](C)NCc2ccccc2)cnn1-c1cccc2ccccc12. The Morgan fingerprint density at radius 2 is 1.65 bits per heavy atom. The molecule has 4 rings (SSSR count). The van der Waals surface area contributed by atoms with Gasteiger partial charge in [-0.05, 0) is 30.9 Å². The summed E-state index contributed by atoms with van der Waals surface area (Å²) in [5.41, 5.74) is 4.82. The molecule has 0 radical (unpaired) electrons. The average Bonchev–Trinajstić information content (AvgIpc) is 3.08. The molecular weight excluding hydrogens is 318 g/mol. The van der Waals surface area contributed by atoms with Gasteiger partial charge in [-0.1, -0.05) is 66.7 Å². The minimum absolute atomic E-state index is 0.235. The quantitative estimate of drug-likeness (QED) is 0.542. The van der Waals surface area contributed by atoms with E-state index in [2.05, 4.69) is 95.7 Å². The van der Waals surface area contributed by atoms with Crippen molar-refractivity contribution >= 4 is 10.8 Å². The van der Waals surface area contributed by atoms with Gasteiger partial charge in [-0.2, -0.15) is 5.10 Å². The number of nitrogens with zero attached hydrogens (tertiary/aromatic N) is 2. The van der Waals surface area contributed by atoms with Gasteiger partial charge < -0.3 is 5.32 Å². The first-order chi connectivity index (χ1) is 12.7. The molecule has 0 saturated heterocycles. The van der Waals surface area contributed by atoms with Crippen molar-refractivity contribution in [2.24, 2.45) is 0 Å². The lowest BCUT2D eigenvalue weighted by Crippen LogP contribution is -2.18. The molecule has 130 valence electrons. The molecule has 0 bridgehead atoms. The minimum Gasteiger partial charge on any atom is -0.306 e. The van der Waals surface area contributed by atoms with Crippen molar-refractivity contribution in [1.82, 2.24) is 15.1 Å². The average molecular weight is 341 g/mol. The first kappa shape index (κ1) is 16.6. The van der Waals surface area contributed by atoms with Gasteiger partial charge in [-0.15, -0.1) is 0 Å². The zero-order chi connectivity index (χ0) is 17.9. The van der Waals surface area contributed by atoms with Gasteiger partial charge in [0.1, 0.15) is 0 Å². The van der Waals surface area contributed by atoms with E-state index in [4.69, 9.17) is 0 Å². The Bertz CT molecular complexity index is 1010. The van der Waals surface area contributed by atoms with Crippen molar-refractivity contribution < 1.29 is 0 Å². The number of benzene rings is 3. The van der Waals surface area contributed by atoms with Crippen LogP contribution in [0.1, 0.15) is 29.8 Å². The topological polar surface area (TPSA) is 29.9 Å². The lowest BCUT2D eigenvalue weighted by molar-refractivity contribution is 0.571. The maximum absolute atomic E-state index is 4.69. The third kappa shape index (κ3) is 3.14. The van der Waals surface area contributed by atoms with Crippen LogP contribution in [-0.4, -0.2) is 9.78 Å². The minimum atomic E-state index is 0.235. The summed E-state index contributed by atoms with van der Waals surface area (Å²) in [7, 11) is 0. The van der Waals surface area contributed by atoms with Gasteiger partial charge in [-0.25, -0.2) is 4.68 Å². The molecule has 0 fully saturated rings. The van der Waals surface area contributed by atoms with Crippen molar-refractivity contribution in [2.75, 3.05) is 0 Å². The first-order valence-corrected chi connectivity index (χ1v) is 9.04. The van der Waals surface area contributed by atoms with Gasteiger partial charge in [0.05, 0.1) is 11.9 Å². The summed E-state index contributed by atoms with van der Waals surface area (Å²) in [5.74, 6) is 0. The summed E-state index contributed by atoms with van der Waals surface area (Å²) >= 11 is 0. The Kier molecular flexibility index (Phi) is 4.55.